The van der Waals surface area contributed by atoms with Crippen molar-refractivity contribution in [2.75, 3.05) is 4.90 Å². The number of amides is 2. The van der Waals surface area contributed by atoms with Crippen LogP contribution in [0.4, 0.5) is 11.4 Å². The van der Waals surface area contributed by atoms with E-state index in [1.807, 2.05) is 56.3 Å². The van der Waals surface area contributed by atoms with Crippen LogP contribution in [0.5, 0.6) is 0 Å². The van der Waals surface area contributed by atoms with Gasteiger partial charge in [-0.05, 0) is 73.9 Å². The summed E-state index contributed by atoms with van der Waals surface area (Å²) >= 11 is 5.89. The van der Waals surface area contributed by atoms with E-state index in [2.05, 4.69) is 10.5 Å². The van der Waals surface area contributed by atoms with Gasteiger partial charge in [0.15, 0.2) is 0 Å². The van der Waals surface area contributed by atoms with Gasteiger partial charge in [-0.3, -0.25) is 14.5 Å². The lowest BCUT2D eigenvalue weighted by molar-refractivity contribution is -0.117. The Labute approximate surface area is 208 Å². The highest BCUT2D eigenvalue weighted by Gasteiger charge is 2.39. The largest absolute Gasteiger partial charge is 0.280 e. The van der Waals surface area contributed by atoms with Gasteiger partial charge in [-0.1, -0.05) is 35.9 Å². The zero-order valence-electron chi connectivity index (χ0n) is 19.2. The number of sulfonamides is 1. The first kappa shape index (κ1) is 24.6. The molecule has 1 heterocycles. The summed E-state index contributed by atoms with van der Waals surface area (Å²) in [4.78, 5) is 27.5. The van der Waals surface area contributed by atoms with Crippen molar-refractivity contribution in [3.63, 3.8) is 0 Å². The number of carbonyl (C=O) groups excluding carboxylic acids is 2. The Bertz CT molecular complexity index is 1500. The Morgan fingerprint density at radius 1 is 1.06 bits per heavy atom. The Balaban J connectivity index is 1.64. The summed E-state index contributed by atoms with van der Waals surface area (Å²) in [5, 5.41) is 9.22. The van der Waals surface area contributed by atoms with Crippen LogP contribution in [0, 0.1) is 13.8 Å². The average molecular weight is 511 g/mol. The maximum atomic E-state index is 13.5. The van der Waals surface area contributed by atoms with Gasteiger partial charge in [-0.15, -0.1) is 0 Å². The van der Waals surface area contributed by atoms with Crippen LogP contribution < -0.4 is 15.5 Å². The molecule has 180 valence electrons. The molecule has 3 aromatic carbocycles. The van der Waals surface area contributed by atoms with E-state index in [0.717, 1.165) is 34.1 Å². The standard InChI is InChI=1S/C25H23ClN4O4S/c1-14-8-10-18(12-15(14)2)30-21-7-5-4-6-19(21)23(25(30)32)16(3)28-29-24(31)17-9-11-20(26)22(13-17)35(27,33)34/h4-13,23H,1-3H3,(H,29,31)(H2,27,33,34). The minimum absolute atomic E-state index is 0.00452. The predicted octanol–water partition coefficient (Wildman–Crippen LogP) is 4.17. The van der Waals surface area contributed by atoms with Crippen LogP contribution in [0.2, 0.25) is 5.02 Å². The van der Waals surface area contributed by atoms with Crippen molar-refractivity contribution in [3.05, 3.63) is 87.9 Å². The number of rotatable bonds is 5. The van der Waals surface area contributed by atoms with Crippen LogP contribution in [-0.2, 0) is 14.8 Å². The molecule has 0 aliphatic carbocycles. The van der Waals surface area contributed by atoms with Gasteiger partial charge in [0.25, 0.3) is 5.91 Å². The number of hydrazone groups is 1. The van der Waals surface area contributed by atoms with Crippen molar-refractivity contribution in [2.24, 2.45) is 10.2 Å². The summed E-state index contributed by atoms with van der Waals surface area (Å²) in [6.07, 6.45) is 0. The Kier molecular flexibility index (Phi) is 6.50. The van der Waals surface area contributed by atoms with Crippen molar-refractivity contribution >= 4 is 50.5 Å². The van der Waals surface area contributed by atoms with E-state index in [-0.39, 0.29) is 21.4 Å². The zero-order valence-corrected chi connectivity index (χ0v) is 20.8. The van der Waals surface area contributed by atoms with E-state index in [1.54, 1.807) is 11.8 Å². The maximum Gasteiger partial charge on any atom is 0.271 e. The monoisotopic (exact) mass is 510 g/mol. The van der Waals surface area contributed by atoms with E-state index in [1.165, 1.54) is 12.1 Å². The highest BCUT2D eigenvalue weighted by atomic mass is 35.5. The summed E-state index contributed by atoms with van der Waals surface area (Å²) in [5.74, 6) is -1.55. The van der Waals surface area contributed by atoms with Gasteiger partial charge in [0.1, 0.15) is 10.8 Å². The number of primary sulfonamides is 1. The predicted molar refractivity (Wildman–Crippen MR) is 136 cm³/mol. The smallest absolute Gasteiger partial charge is 0.271 e. The van der Waals surface area contributed by atoms with Crippen LogP contribution in [0.25, 0.3) is 0 Å². The fraction of sp³-hybridized carbons (Fsp3) is 0.160. The van der Waals surface area contributed by atoms with Gasteiger partial charge in [0.05, 0.1) is 16.4 Å². The minimum atomic E-state index is -4.11. The van der Waals surface area contributed by atoms with Gasteiger partial charge in [0, 0.05) is 11.3 Å². The number of hydrogen-bond donors (Lipinski definition) is 2. The molecule has 3 aromatic rings. The fourth-order valence-electron chi connectivity index (χ4n) is 3.98. The lowest BCUT2D eigenvalue weighted by atomic mass is 9.96. The number of fused-ring (bicyclic) bond motifs is 1. The van der Waals surface area contributed by atoms with Crippen molar-refractivity contribution in [1.29, 1.82) is 0 Å². The number of nitrogens with zero attached hydrogens (tertiary/aromatic N) is 2. The Morgan fingerprint density at radius 3 is 2.46 bits per heavy atom. The summed E-state index contributed by atoms with van der Waals surface area (Å²) in [5.41, 5.74) is 7.24. The van der Waals surface area contributed by atoms with E-state index in [4.69, 9.17) is 16.7 Å². The Morgan fingerprint density at radius 2 is 1.77 bits per heavy atom. The number of benzene rings is 3. The van der Waals surface area contributed by atoms with Crippen LogP contribution >= 0.6 is 11.6 Å². The van der Waals surface area contributed by atoms with E-state index in [9.17, 15) is 18.0 Å². The molecule has 0 spiro atoms. The molecule has 1 aliphatic rings. The van der Waals surface area contributed by atoms with Gasteiger partial charge in [-0.25, -0.2) is 19.0 Å². The normalized spacial score (nSPS) is 15.8. The van der Waals surface area contributed by atoms with Gasteiger partial charge in [0.2, 0.25) is 15.9 Å². The second-order valence-electron chi connectivity index (χ2n) is 8.32. The second-order valence-corrected chi connectivity index (χ2v) is 10.3. The van der Waals surface area contributed by atoms with Crippen molar-refractivity contribution < 1.29 is 18.0 Å². The van der Waals surface area contributed by atoms with E-state index in [0.29, 0.717) is 5.71 Å². The molecule has 0 aromatic heterocycles. The molecular weight excluding hydrogens is 488 g/mol. The number of carbonyl (C=O) groups is 2. The molecule has 1 unspecified atom stereocenters. The third kappa shape index (κ3) is 4.70. The summed E-state index contributed by atoms with van der Waals surface area (Å²) < 4.78 is 23.4. The lowest BCUT2D eigenvalue weighted by Gasteiger charge is -2.19. The second kappa shape index (κ2) is 9.26. The maximum absolute atomic E-state index is 13.5. The number of aryl methyl sites for hydroxylation is 2. The van der Waals surface area contributed by atoms with Crippen LogP contribution in [0.15, 0.2) is 70.7 Å². The summed E-state index contributed by atoms with van der Waals surface area (Å²) in [7, 11) is -4.11. The SMILES string of the molecule is CC(=NNC(=O)c1ccc(Cl)c(S(N)(=O)=O)c1)C1C(=O)N(c2ccc(C)c(C)c2)c2ccccc21. The van der Waals surface area contributed by atoms with Crippen molar-refractivity contribution in [2.45, 2.75) is 31.6 Å². The number of para-hydroxylation sites is 1. The third-order valence-corrected chi connectivity index (χ3v) is 7.35. The molecule has 4 rings (SSSR count). The van der Waals surface area contributed by atoms with E-state index < -0.39 is 21.8 Å². The van der Waals surface area contributed by atoms with Gasteiger partial charge in [-0.2, -0.15) is 5.10 Å². The molecule has 0 saturated heterocycles. The van der Waals surface area contributed by atoms with Gasteiger partial charge < -0.3 is 0 Å². The lowest BCUT2D eigenvalue weighted by Crippen LogP contribution is -2.29. The molecule has 10 heteroatoms. The van der Waals surface area contributed by atoms with Crippen LogP contribution in [0.1, 0.15) is 39.9 Å². The average Bonchev–Trinajstić information content (AvgIpc) is 3.10. The highest BCUT2D eigenvalue weighted by molar-refractivity contribution is 7.89. The van der Waals surface area contributed by atoms with Crippen LogP contribution in [-0.4, -0.2) is 25.9 Å². The fourth-order valence-corrected chi connectivity index (χ4v) is 5.05. The zero-order chi connectivity index (χ0) is 25.5. The highest BCUT2D eigenvalue weighted by Crippen LogP contribution is 2.42. The van der Waals surface area contributed by atoms with E-state index >= 15 is 0 Å². The molecule has 1 aliphatic heterocycles. The number of anilines is 2. The first-order valence-electron chi connectivity index (χ1n) is 10.7. The molecule has 0 fully saturated rings. The molecule has 35 heavy (non-hydrogen) atoms. The number of nitrogens with one attached hydrogen (secondary N) is 1. The first-order chi connectivity index (χ1) is 16.5. The van der Waals surface area contributed by atoms with Crippen LogP contribution in [0.3, 0.4) is 0 Å². The molecule has 3 N–H and O–H groups in total. The molecule has 0 bridgehead atoms. The molecule has 8 nitrogen and oxygen atoms in total. The molecule has 0 saturated carbocycles. The Hall–Kier alpha value is -3.53. The topological polar surface area (TPSA) is 122 Å². The van der Waals surface area contributed by atoms with Crippen molar-refractivity contribution in [1.82, 2.24) is 5.43 Å². The number of nitrogens with two attached hydrogens (primary N) is 1. The molecule has 1 atom stereocenters. The van der Waals surface area contributed by atoms with Crippen molar-refractivity contribution in [3.8, 4) is 0 Å². The summed E-state index contributed by atoms with van der Waals surface area (Å²) in [6.45, 7) is 5.65. The number of halogens is 1. The molecular formula is C25H23ClN4O4S. The summed E-state index contributed by atoms with van der Waals surface area (Å²) in [6, 6.07) is 17.0. The quantitative estimate of drug-likeness (QED) is 0.395. The number of hydrogen-bond acceptors (Lipinski definition) is 5. The van der Waals surface area contributed by atoms with Gasteiger partial charge >= 0.3 is 0 Å². The third-order valence-electron chi connectivity index (χ3n) is 5.96. The molecule has 0 radical (unpaired) electrons. The first-order valence-corrected chi connectivity index (χ1v) is 12.6. The molecule has 2 amide bonds. The minimum Gasteiger partial charge on any atom is -0.280 e.